The van der Waals surface area contributed by atoms with Crippen molar-refractivity contribution in [1.29, 1.82) is 0 Å². The lowest BCUT2D eigenvalue weighted by atomic mass is 9.99. The average molecular weight is 477 g/mol. The van der Waals surface area contributed by atoms with Crippen molar-refractivity contribution in [2.75, 3.05) is 12.0 Å². The number of aryl methyl sites for hydroxylation is 2. The van der Waals surface area contributed by atoms with Gasteiger partial charge in [-0.05, 0) is 73.0 Å². The molecular formula is C28H32N2O3S. The van der Waals surface area contributed by atoms with Gasteiger partial charge in [0.15, 0.2) is 0 Å². The Kier molecular flexibility index (Phi) is 7.68. The molecule has 4 rings (SSSR count). The maximum absolute atomic E-state index is 13.9. The van der Waals surface area contributed by atoms with Crippen LogP contribution in [0.15, 0.2) is 60.0 Å². The van der Waals surface area contributed by atoms with E-state index in [1.807, 2.05) is 73.8 Å². The summed E-state index contributed by atoms with van der Waals surface area (Å²) in [5, 5.41) is 5.21. The predicted octanol–water partition coefficient (Wildman–Crippen LogP) is 5.75. The molecule has 1 heterocycles. The summed E-state index contributed by atoms with van der Waals surface area (Å²) in [6, 6.07) is 16.8. The molecule has 0 spiro atoms. The highest BCUT2D eigenvalue weighted by atomic mass is 32.1. The molecule has 1 saturated carbocycles. The summed E-state index contributed by atoms with van der Waals surface area (Å²) >= 11 is 1.55. The molecular weight excluding hydrogens is 444 g/mol. The molecule has 0 unspecified atom stereocenters. The zero-order valence-corrected chi connectivity index (χ0v) is 20.9. The minimum atomic E-state index is -0.802. The first-order chi connectivity index (χ1) is 16.5. The third-order valence-corrected chi connectivity index (χ3v) is 7.29. The molecule has 0 bridgehead atoms. The van der Waals surface area contributed by atoms with E-state index in [-0.39, 0.29) is 24.3 Å². The van der Waals surface area contributed by atoms with E-state index >= 15 is 0 Å². The quantitative estimate of drug-likeness (QED) is 0.450. The monoisotopic (exact) mass is 476 g/mol. The van der Waals surface area contributed by atoms with Gasteiger partial charge in [0.2, 0.25) is 11.8 Å². The fourth-order valence-electron chi connectivity index (χ4n) is 4.62. The van der Waals surface area contributed by atoms with Gasteiger partial charge in [-0.15, -0.1) is 11.3 Å². The van der Waals surface area contributed by atoms with Gasteiger partial charge in [0, 0.05) is 16.6 Å². The van der Waals surface area contributed by atoms with Crippen molar-refractivity contribution in [2.24, 2.45) is 0 Å². The van der Waals surface area contributed by atoms with Gasteiger partial charge in [0.1, 0.15) is 11.8 Å². The highest BCUT2D eigenvalue weighted by Gasteiger charge is 2.35. The number of benzene rings is 2. The van der Waals surface area contributed by atoms with E-state index in [1.165, 1.54) is 0 Å². The maximum Gasteiger partial charge on any atom is 0.248 e. The predicted molar refractivity (Wildman–Crippen MR) is 138 cm³/mol. The van der Waals surface area contributed by atoms with E-state index in [9.17, 15) is 9.59 Å². The molecule has 1 N–H and O–H groups in total. The third-order valence-electron chi connectivity index (χ3n) is 6.42. The zero-order chi connectivity index (χ0) is 24.1. The number of rotatable bonds is 8. The number of hydrogen-bond acceptors (Lipinski definition) is 4. The second kappa shape index (κ2) is 10.9. The van der Waals surface area contributed by atoms with Gasteiger partial charge in [-0.25, -0.2) is 0 Å². The van der Waals surface area contributed by atoms with Gasteiger partial charge in [-0.3, -0.25) is 14.5 Å². The van der Waals surface area contributed by atoms with Crippen LogP contribution in [0, 0.1) is 13.8 Å². The summed E-state index contributed by atoms with van der Waals surface area (Å²) in [6.45, 7) is 3.99. The van der Waals surface area contributed by atoms with Crippen LogP contribution in [0.25, 0.3) is 0 Å². The third kappa shape index (κ3) is 5.50. The van der Waals surface area contributed by atoms with Gasteiger partial charge < -0.3 is 10.1 Å². The number of ether oxygens (including phenoxy) is 1. The molecule has 1 atom stereocenters. The van der Waals surface area contributed by atoms with Crippen molar-refractivity contribution in [3.8, 4) is 5.75 Å². The topological polar surface area (TPSA) is 58.6 Å². The summed E-state index contributed by atoms with van der Waals surface area (Å²) in [5.41, 5.74) is 3.48. The Hall–Kier alpha value is -3.12. The Morgan fingerprint density at radius 2 is 1.88 bits per heavy atom. The number of amides is 2. The first kappa shape index (κ1) is 24.0. The van der Waals surface area contributed by atoms with Crippen molar-refractivity contribution < 1.29 is 14.3 Å². The number of nitrogens with one attached hydrogen (secondary N) is 1. The van der Waals surface area contributed by atoms with Crippen LogP contribution in [0.4, 0.5) is 5.69 Å². The molecule has 34 heavy (non-hydrogen) atoms. The van der Waals surface area contributed by atoms with E-state index in [1.54, 1.807) is 23.3 Å². The van der Waals surface area contributed by atoms with Crippen molar-refractivity contribution in [2.45, 2.75) is 58.0 Å². The fourth-order valence-corrected chi connectivity index (χ4v) is 5.32. The van der Waals surface area contributed by atoms with Gasteiger partial charge >= 0.3 is 0 Å². The molecule has 2 amide bonds. The highest BCUT2D eigenvalue weighted by molar-refractivity contribution is 7.10. The van der Waals surface area contributed by atoms with Crippen LogP contribution >= 0.6 is 11.3 Å². The van der Waals surface area contributed by atoms with Crippen LogP contribution in [0.3, 0.4) is 0 Å². The highest BCUT2D eigenvalue weighted by Crippen LogP contribution is 2.34. The lowest BCUT2D eigenvalue weighted by Gasteiger charge is -2.33. The standard InChI is InChI=1S/C28H32N2O3S/c1-19-13-14-20(2)25(16-19)30(26(31)18-24-12-7-15-34-24)27(21-8-6-11-23(17-21)33-3)28(32)29-22-9-4-5-10-22/h6-8,11-17,22,27H,4-5,9-10,18H2,1-3H3,(H,29,32)/t27-/m0/s1. The molecule has 2 aromatic carbocycles. The van der Waals surface area contributed by atoms with E-state index in [0.29, 0.717) is 5.75 Å². The van der Waals surface area contributed by atoms with Crippen LogP contribution < -0.4 is 15.0 Å². The largest absolute Gasteiger partial charge is 0.497 e. The van der Waals surface area contributed by atoms with E-state index in [4.69, 9.17) is 4.74 Å². The molecule has 0 saturated heterocycles. The van der Waals surface area contributed by atoms with E-state index < -0.39 is 6.04 Å². The minimum absolute atomic E-state index is 0.106. The zero-order valence-electron chi connectivity index (χ0n) is 20.0. The molecule has 1 aliphatic rings. The lowest BCUT2D eigenvalue weighted by molar-refractivity contribution is -0.127. The van der Waals surface area contributed by atoms with E-state index in [2.05, 4.69) is 5.32 Å². The number of hydrogen-bond donors (Lipinski definition) is 1. The summed E-state index contributed by atoms with van der Waals surface area (Å²) < 4.78 is 5.46. The number of nitrogens with zero attached hydrogens (tertiary/aromatic N) is 1. The molecule has 0 radical (unpaired) electrons. The van der Waals surface area contributed by atoms with Crippen LogP contribution in [0.5, 0.6) is 5.75 Å². The van der Waals surface area contributed by atoms with Crippen molar-refractivity contribution in [3.63, 3.8) is 0 Å². The number of carbonyl (C=O) groups is 2. The Labute approximate surface area is 205 Å². The lowest BCUT2D eigenvalue weighted by Crippen LogP contribution is -2.47. The molecule has 178 valence electrons. The Morgan fingerprint density at radius 3 is 2.59 bits per heavy atom. The Balaban J connectivity index is 1.82. The van der Waals surface area contributed by atoms with Crippen LogP contribution in [-0.4, -0.2) is 25.0 Å². The molecule has 6 heteroatoms. The smallest absolute Gasteiger partial charge is 0.248 e. The van der Waals surface area contributed by atoms with Crippen molar-refractivity contribution >= 4 is 28.8 Å². The summed E-state index contributed by atoms with van der Waals surface area (Å²) in [6.07, 6.45) is 4.42. The number of carbonyl (C=O) groups excluding carboxylic acids is 2. The van der Waals surface area contributed by atoms with Crippen molar-refractivity contribution in [3.05, 3.63) is 81.5 Å². The average Bonchev–Trinajstić information content (AvgIpc) is 3.53. The van der Waals surface area contributed by atoms with Crippen molar-refractivity contribution in [1.82, 2.24) is 5.32 Å². The molecule has 3 aromatic rings. The Morgan fingerprint density at radius 1 is 1.09 bits per heavy atom. The van der Waals surface area contributed by atoms with E-state index in [0.717, 1.165) is 52.9 Å². The van der Waals surface area contributed by atoms with Crippen LogP contribution in [0.2, 0.25) is 0 Å². The first-order valence-corrected chi connectivity index (χ1v) is 12.7. The van der Waals surface area contributed by atoms with Crippen LogP contribution in [-0.2, 0) is 16.0 Å². The second-order valence-corrected chi connectivity index (χ2v) is 10.0. The summed E-state index contributed by atoms with van der Waals surface area (Å²) in [7, 11) is 1.61. The number of thiophene rings is 1. The van der Waals surface area contributed by atoms with Crippen LogP contribution in [0.1, 0.15) is 53.3 Å². The normalized spacial score (nSPS) is 14.6. The SMILES string of the molecule is COc1cccc([C@@H](C(=O)NC2CCCC2)N(C(=O)Cc2cccs2)c2cc(C)ccc2C)c1. The second-order valence-electron chi connectivity index (χ2n) is 8.98. The van der Waals surface area contributed by atoms with Gasteiger partial charge in [-0.2, -0.15) is 0 Å². The summed E-state index contributed by atoms with van der Waals surface area (Å²) in [4.78, 5) is 30.4. The molecule has 1 aliphatic carbocycles. The van der Waals surface area contributed by atoms with Gasteiger partial charge in [0.05, 0.1) is 13.5 Å². The van der Waals surface area contributed by atoms with Gasteiger partial charge in [0.25, 0.3) is 0 Å². The number of anilines is 1. The summed E-state index contributed by atoms with van der Waals surface area (Å²) in [5.74, 6) is 0.397. The minimum Gasteiger partial charge on any atom is -0.497 e. The Bertz CT molecular complexity index is 1140. The first-order valence-electron chi connectivity index (χ1n) is 11.8. The number of methoxy groups -OCH3 is 1. The molecule has 1 aromatic heterocycles. The molecule has 0 aliphatic heterocycles. The molecule has 1 fully saturated rings. The maximum atomic E-state index is 13.9. The molecule has 5 nitrogen and oxygen atoms in total. The van der Waals surface area contributed by atoms with Gasteiger partial charge in [-0.1, -0.05) is 43.2 Å². The fraction of sp³-hybridized carbons (Fsp3) is 0.357.